The molecule has 0 bridgehead atoms. The standard InChI is InChI=1S/C20H23NO3S/c1-3-14-5-9-19-18-7-4-13-12-15(22-25-24-23-21)6-8-16(13)17(18)10-11-20(14,19)2/h1,5-6,8,12,17-19H,4,7,9-11,21H2,2H3. The zero-order valence-corrected chi connectivity index (χ0v) is 15.2. The van der Waals surface area contributed by atoms with Crippen LogP contribution in [0.2, 0.25) is 0 Å². The lowest BCUT2D eigenvalue weighted by molar-refractivity contribution is -0.199. The summed E-state index contributed by atoms with van der Waals surface area (Å²) in [6.07, 6.45) is 13.9. The van der Waals surface area contributed by atoms with Crippen molar-refractivity contribution in [2.75, 3.05) is 0 Å². The maximum Gasteiger partial charge on any atom is 0.260 e. The Balaban J connectivity index is 1.55. The van der Waals surface area contributed by atoms with Crippen molar-refractivity contribution in [1.29, 1.82) is 0 Å². The predicted octanol–water partition coefficient (Wildman–Crippen LogP) is 4.48. The molecule has 4 nitrogen and oxygen atoms in total. The number of benzene rings is 1. The monoisotopic (exact) mass is 357 g/mol. The van der Waals surface area contributed by atoms with E-state index in [1.165, 1.54) is 36.0 Å². The molecule has 1 saturated carbocycles. The zero-order chi connectivity index (χ0) is 17.4. The molecule has 0 aliphatic heterocycles. The summed E-state index contributed by atoms with van der Waals surface area (Å²) in [6.45, 7) is 2.38. The number of hydrogen-bond donors (Lipinski definition) is 1. The first-order valence-electron chi connectivity index (χ1n) is 8.84. The third-order valence-corrected chi connectivity index (χ3v) is 7.03. The second kappa shape index (κ2) is 6.69. The Morgan fingerprint density at radius 1 is 1.36 bits per heavy atom. The lowest BCUT2D eigenvalue weighted by atomic mass is 9.54. The summed E-state index contributed by atoms with van der Waals surface area (Å²) in [7, 11) is 0. The minimum absolute atomic E-state index is 0.215. The van der Waals surface area contributed by atoms with Crippen molar-refractivity contribution in [2.24, 2.45) is 23.1 Å². The van der Waals surface area contributed by atoms with Crippen LogP contribution in [0.4, 0.5) is 0 Å². The van der Waals surface area contributed by atoms with Crippen LogP contribution in [0.1, 0.15) is 49.7 Å². The van der Waals surface area contributed by atoms with Gasteiger partial charge < -0.3 is 4.18 Å². The predicted molar refractivity (Wildman–Crippen MR) is 97.9 cm³/mol. The third kappa shape index (κ3) is 2.78. The zero-order valence-electron chi connectivity index (χ0n) is 14.4. The number of hydrogen-bond acceptors (Lipinski definition) is 5. The molecule has 3 aliphatic carbocycles. The van der Waals surface area contributed by atoms with Crippen LogP contribution in [-0.4, -0.2) is 0 Å². The Morgan fingerprint density at radius 2 is 2.24 bits per heavy atom. The lowest BCUT2D eigenvalue weighted by Gasteiger charge is -2.49. The molecule has 1 aromatic rings. The summed E-state index contributed by atoms with van der Waals surface area (Å²) < 4.78 is 9.92. The van der Waals surface area contributed by atoms with Gasteiger partial charge in [0.05, 0.1) is 0 Å². The smallest absolute Gasteiger partial charge is 0.260 e. The molecule has 0 spiro atoms. The SMILES string of the molecule is C#CC1=CCC2C3CCc4cc(OSOON)ccc4C3CCC12C. The van der Waals surface area contributed by atoms with Gasteiger partial charge in [-0.1, -0.05) is 25.0 Å². The fourth-order valence-corrected chi connectivity index (χ4v) is 5.71. The average Bonchev–Trinajstić information content (AvgIpc) is 2.98. The van der Waals surface area contributed by atoms with Crippen LogP contribution in [0.25, 0.3) is 0 Å². The average molecular weight is 357 g/mol. The topological polar surface area (TPSA) is 53.7 Å². The molecule has 0 aromatic heterocycles. The van der Waals surface area contributed by atoms with E-state index in [9.17, 15) is 0 Å². The third-order valence-electron chi connectivity index (χ3n) is 6.63. The van der Waals surface area contributed by atoms with Crippen molar-refractivity contribution in [3.8, 4) is 18.1 Å². The van der Waals surface area contributed by atoms with Gasteiger partial charge in [-0.05, 0) is 73.1 Å². The minimum Gasteiger partial charge on any atom is -0.399 e. The lowest BCUT2D eigenvalue weighted by Crippen LogP contribution is -2.41. The van der Waals surface area contributed by atoms with E-state index in [1.54, 1.807) is 0 Å². The van der Waals surface area contributed by atoms with Crippen molar-refractivity contribution in [1.82, 2.24) is 0 Å². The Bertz CT molecular complexity index is 741. The van der Waals surface area contributed by atoms with Crippen molar-refractivity contribution >= 4 is 12.3 Å². The molecule has 0 amide bonds. The molecule has 4 unspecified atom stereocenters. The van der Waals surface area contributed by atoms with Gasteiger partial charge in [-0.2, -0.15) is 5.90 Å². The van der Waals surface area contributed by atoms with E-state index in [4.69, 9.17) is 16.5 Å². The number of fused-ring (bicyclic) bond motifs is 5. The van der Waals surface area contributed by atoms with Gasteiger partial charge in [-0.3, -0.25) is 0 Å². The van der Waals surface area contributed by atoms with Crippen LogP contribution < -0.4 is 10.1 Å². The first kappa shape index (κ1) is 17.0. The largest absolute Gasteiger partial charge is 0.399 e. The molecular formula is C20H23NO3S. The summed E-state index contributed by atoms with van der Waals surface area (Å²) in [4.78, 5) is 4.03. The summed E-state index contributed by atoms with van der Waals surface area (Å²) in [5.74, 6) is 10.6. The van der Waals surface area contributed by atoms with E-state index in [1.807, 2.05) is 6.07 Å². The number of allylic oxidation sites excluding steroid dienone is 2. The minimum atomic E-state index is 0.215. The highest BCUT2D eigenvalue weighted by atomic mass is 32.2. The van der Waals surface area contributed by atoms with E-state index in [0.717, 1.165) is 36.8 Å². The number of nitrogens with two attached hydrogens (primary N) is 1. The highest BCUT2D eigenvalue weighted by Crippen LogP contribution is 2.60. The first-order chi connectivity index (χ1) is 12.2. The van der Waals surface area contributed by atoms with Gasteiger partial charge in [0.1, 0.15) is 5.75 Å². The second-order valence-electron chi connectivity index (χ2n) is 7.55. The maximum absolute atomic E-state index is 5.78. The Hall–Kier alpha value is -1.45. The number of rotatable bonds is 4. The molecular weight excluding hydrogens is 334 g/mol. The highest BCUT2D eigenvalue weighted by molar-refractivity contribution is 7.90. The van der Waals surface area contributed by atoms with Gasteiger partial charge in [0.2, 0.25) is 0 Å². The Labute approximate surface area is 153 Å². The van der Waals surface area contributed by atoms with Gasteiger partial charge in [-0.15, -0.1) is 15.7 Å². The molecule has 1 fully saturated rings. The van der Waals surface area contributed by atoms with Crippen LogP contribution >= 0.6 is 12.3 Å². The molecule has 0 radical (unpaired) electrons. The van der Waals surface area contributed by atoms with Crippen molar-refractivity contribution in [3.63, 3.8) is 0 Å². The van der Waals surface area contributed by atoms with Crippen LogP contribution in [0, 0.1) is 29.6 Å². The maximum atomic E-state index is 5.78. The van der Waals surface area contributed by atoms with Gasteiger partial charge in [0, 0.05) is 11.0 Å². The van der Waals surface area contributed by atoms with E-state index in [0.29, 0.717) is 11.8 Å². The van der Waals surface area contributed by atoms with Gasteiger partial charge >= 0.3 is 0 Å². The van der Waals surface area contributed by atoms with Gasteiger partial charge in [0.15, 0.2) is 0 Å². The summed E-state index contributed by atoms with van der Waals surface area (Å²) in [5.41, 5.74) is 4.33. The van der Waals surface area contributed by atoms with Crippen molar-refractivity contribution in [2.45, 2.75) is 44.9 Å². The quantitative estimate of drug-likeness (QED) is 0.283. The van der Waals surface area contributed by atoms with Crippen LogP contribution in [0.15, 0.2) is 29.8 Å². The molecule has 4 atom stereocenters. The molecule has 0 saturated heterocycles. The molecule has 25 heavy (non-hydrogen) atoms. The van der Waals surface area contributed by atoms with E-state index in [2.05, 4.69) is 40.4 Å². The molecule has 1 aromatic carbocycles. The molecule has 3 aliphatic rings. The first-order valence-corrected chi connectivity index (χ1v) is 9.51. The van der Waals surface area contributed by atoms with Crippen LogP contribution in [-0.2, 0) is 15.7 Å². The molecule has 5 heteroatoms. The number of terminal acetylenes is 1. The molecule has 2 N–H and O–H groups in total. The van der Waals surface area contributed by atoms with Gasteiger partial charge in [0.25, 0.3) is 12.3 Å². The van der Waals surface area contributed by atoms with Crippen LogP contribution in [0.5, 0.6) is 5.75 Å². The Kier molecular flexibility index (Phi) is 4.55. The molecule has 4 rings (SSSR count). The number of aryl methyl sites for hydroxylation is 1. The van der Waals surface area contributed by atoms with E-state index < -0.39 is 0 Å². The van der Waals surface area contributed by atoms with Crippen LogP contribution in [0.3, 0.4) is 0 Å². The highest BCUT2D eigenvalue weighted by Gasteiger charge is 2.51. The fourth-order valence-electron chi connectivity index (χ4n) is 5.47. The van der Waals surface area contributed by atoms with Crippen molar-refractivity contribution in [3.05, 3.63) is 41.0 Å². The van der Waals surface area contributed by atoms with Crippen molar-refractivity contribution < 1.29 is 13.5 Å². The Morgan fingerprint density at radius 3 is 3.04 bits per heavy atom. The summed E-state index contributed by atoms with van der Waals surface area (Å²) in [5, 5.41) is 0. The second-order valence-corrected chi connectivity index (χ2v) is 7.98. The van der Waals surface area contributed by atoms with E-state index in [-0.39, 0.29) is 5.41 Å². The summed E-state index contributed by atoms with van der Waals surface area (Å²) in [6, 6.07) is 6.34. The molecule has 132 valence electrons. The summed E-state index contributed by atoms with van der Waals surface area (Å²) >= 11 is 0.722. The fraction of sp³-hybridized carbons (Fsp3) is 0.500. The van der Waals surface area contributed by atoms with Gasteiger partial charge in [-0.25, -0.2) is 0 Å². The normalized spacial score (nSPS) is 32.8. The molecule has 0 heterocycles. The van der Waals surface area contributed by atoms with E-state index >= 15 is 0 Å².